The van der Waals surface area contributed by atoms with E-state index in [-0.39, 0.29) is 11.9 Å². The Hall–Kier alpha value is -0.640. The average molecular weight is 284 g/mol. The van der Waals surface area contributed by atoms with Gasteiger partial charge in [0.1, 0.15) is 5.82 Å². The molecule has 3 atom stereocenters. The Morgan fingerprint density at radius 3 is 2.84 bits per heavy atom. The lowest BCUT2D eigenvalue weighted by Crippen LogP contribution is -2.39. The van der Waals surface area contributed by atoms with E-state index in [2.05, 4.69) is 12.2 Å². The van der Waals surface area contributed by atoms with Crippen LogP contribution in [-0.4, -0.2) is 18.8 Å². The average Bonchev–Trinajstić information content (AvgIpc) is 3.10. The zero-order valence-electron chi connectivity index (χ0n) is 11.0. The van der Waals surface area contributed by atoms with Gasteiger partial charge in [-0.05, 0) is 49.8 Å². The molecule has 4 heteroatoms. The molecular formula is C15H19ClFNO. The van der Waals surface area contributed by atoms with Gasteiger partial charge < -0.3 is 10.1 Å². The van der Waals surface area contributed by atoms with E-state index in [9.17, 15) is 4.39 Å². The van der Waals surface area contributed by atoms with Gasteiger partial charge in [0.2, 0.25) is 0 Å². The molecular weight excluding hydrogens is 265 g/mol. The quantitative estimate of drug-likeness (QED) is 0.910. The zero-order chi connectivity index (χ0) is 13.4. The van der Waals surface area contributed by atoms with E-state index < -0.39 is 0 Å². The Bertz CT molecular complexity index is 463. The predicted octanol–water partition coefficient (Wildman–Crippen LogP) is 3.70. The number of benzene rings is 1. The Kier molecular flexibility index (Phi) is 3.79. The summed E-state index contributed by atoms with van der Waals surface area (Å²) in [5.41, 5.74) is 0.949. The molecule has 0 spiro atoms. The molecule has 0 aromatic heterocycles. The predicted molar refractivity (Wildman–Crippen MR) is 73.8 cm³/mol. The van der Waals surface area contributed by atoms with E-state index in [4.69, 9.17) is 16.3 Å². The smallest absolute Gasteiger partial charge is 0.124 e. The molecule has 1 heterocycles. The van der Waals surface area contributed by atoms with Crippen molar-refractivity contribution in [2.45, 2.75) is 44.4 Å². The van der Waals surface area contributed by atoms with Gasteiger partial charge in [-0.2, -0.15) is 0 Å². The molecule has 1 aromatic rings. The molecule has 2 nitrogen and oxygen atoms in total. The van der Waals surface area contributed by atoms with E-state index in [0.29, 0.717) is 17.2 Å². The minimum Gasteiger partial charge on any atom is -0.376 e. The second-order valence-corrected chi connectivity index (χ2v) is 6.03. The fourth-order valence-electron chi connectivity index (χ4n) is 2.94. The fourth-order valence-corrected chi connectivity index (χ4v) is 3.27. The van der Waals surface area contributed by atoms with Crippen molar-refractivity contribution in [2.24, 2.45) is 5.92 Å². The summed E-state index contributed by atoms with van der Waals surface area (Å²) in [6.45, 7) is 2.91. The first kappa shape index (κ1) is 13.3. The zero-order valence-corrected chi connectivity index (χ0v) is 11.8. The summed E-state index contributed by atoms with van der Waals surface area (Å²) in [5, 5.41) is 4.08. The van der Waals surface area contributed by atoms with Crippen molar-refractivity contribution in [3.8, 4) is 0 Å². The molecule has 1 saturated carbocycles. The SMILES string of the molecule is CC(NC1CCOC1C1CC1)c1ccc(F)cc1Cl. The number of rotatable bonds is 4. The van der Waals surface area contributed by atoms with E-state index in [1.165, 1.54) is 25.0 Å². The first-order chi connectivity index (χ1) is 9.15. The van der Waals surface area contributed by atoms with Gasteiger partial charge in [-0.15, -0.1) is 0 Å². The second kappa shape index (κ2) is 5.39. The largest absolute Gasteiger partial charge is 0.376 e. The maximum Gasteiger partial charge on any atom is 0.124 e. The molecule has 1 N–H and O–H groups in total. The van der Waals surface area contributed by atoms with Crippen molar-refractivity contribution < 1.29 is 9.13 Å². The lowest BCUT2D eigenvalue weighted by molar-refractivity contribution is 0.0793. The summed E-state index contributed by atoms with van der Waals surface area (Å²) >= 11 is 6.11. The summed E-state index contributed by atoms with van der Waals surface area (Å²) < 4.78 is 18.9. The molecule has 0 radical (unpaired) electrons. The fraction of sp³-hybridized carbons (Fsp3) is 0.600. The molecule has 1 aliphatic carbocycles. The lowest BCUT2D eigenvalue weighted by Gasteiger charge is -2.24. The number of ether oxygens (including phenoxy) is 1. The number of hydrogen-bond acceptors (Lipinski definition) is 2. The second-order valence-electron chi connectivity index (χ2n) is 5.62. The Morgan fingerprint density at radius 2 is 2.16 bits per heavy atom. The van der Waals surface area contributed by atoms with Crippen molar-refractivity contribution in [3.63, 3.8) is 0 Å². The van der Waals surface area contributed by atoms with E-state index in [0.717, 1.165) is 24.5 Å². The van der Waals surface area contributed by atoms with Crippen LogP contribution in [0.1, 0.15) is 37.8 Å². The molecule has 19 heavy (non-hydrogen) atoms. The minimum absolute atomic E-state index is 0.112. The standard InChI is InChI=1S/C15H19ClFNO/c1-9(12-5-4-11(17)8-13(12)16)18-14-6-7-19-15(14)10-2-3-10/h4-5,8-10,14-15,18H,2-3,6-7H2,1H3. The van der Waals surface area contributed by atoms with Crippen molar-refractivity contribution in [1.29, 1.82) is 0 Å². The Morgan fingerprint density at radius 1 is 1.37 bits per heavy atom. The van der Waals surface area contributed by atoms with Crippen LogP contribution in [0.2, 0.25) is 5.02 Å². The maximum atomic E-state index is 13.1. The Labute approximate surface area is 118 Å². The van der Waals surface area contributed by atoms with Crippen LogP contribution in [-0.2, 0) is 4.74 Å². The van der Waals surface area contributed by atoms with Crippen molar-refractivity contribution in [1.82, 2.24) is 5.32 Å². The first-order valence-corrected chi connectivity index (χ1v) is 7.35. The monoisotopic (exact) mass is 283 g/mol. The van der Waals surface area contributed by atoms with Crippen LogP contribution in [0.4, 0.5) is 4.39 Å². The highest BCUT2D eigenvalue weighted by atomic mass is 35.5. The van der Waals surface area contributed by atoms with Crippen molar-refractivity contribution in [2.75, 3.05) is 6.61 Å². The third kappa shape index (κ3) is 2.93. The van der Waals surface area contributed by atoms with E-state index >= 15 is 0 Å². The van der Waals surface area contributed by atoms with Gasteiger partial charge in [0.05, 0.1) is 6.10 Å². The third-order valence-corrected chi connectivity index (χ3v) is 4.44. The minimum atomic E-state index is -0.291. The van der Waals surface area contributed by atoms with Gasteiger partial charge in [0, 0.05) is 23.7 Å². The van der Waals surface area contributed by atoms with Gasteiger partial charge in [-0.25, -0.2) is 4.39 Å². The first-order valence-electron chi connectivity index (χ1n) is 6.98. The summed E-state index contributed by atoms with van der Waals surface area (Å²) in [7, 11) is 0. The molecule has 1 aliphatic heterocycles. The van der Waals surface area contributed by atoms with Gasteiger partial charge in [0.15, 0.2) is 0 Å². The van der Waals surface area contributed by atoms with Crippen molar-refractivity contribution >= 4 is 11.6 Å². The van der Waals surface area contributed by atoms with Crippen LogP contribution in [0.5, 0.6) is 0 Å². The molecule has 3 unspecified atom stereocenters. The molecule has 3 rings (SSSR count). The van der Waals surface area contributed by atoms with Gasteiger partial charge in [-0.1, -0.05) is 17.7 Å². The summed E-state index contributed by atoms with van der Waals surface area (Å²) in [6, 6.07) is 5.10. The van der Waals surface area contributed by atoms with Crippen molar-refractivity contribution in [3.05, 3.63) is 34.6 Å². The topological polar surface area (TPSA) is 21.3 Å². The van der Waals surface area contributed by atoms with Gasteiger partial charge >= 0.3 is 0 Å². The summed E-state index contributed by atoms with van der Waals surface area (Å²) in [5.74, 6) is 0.442. The highest BCUT2D eigenvalue weighted by Crippen LogP contribution is 2.39. The number of halogens is 2. The van der Waals surface area contributed by atoms with E-state index in [1.807, 2.05) is 0 Å². The van der Waals surface area contributed by atoms with Crippen LogP contribution in [0.25, 0.3) is 0 Å². The summed E-state index contributed by atoms with van der Waals surface area (Å²) in [6.07, 6.45) is 3.97. The molecule has 0 bridgehead atoms. The highest BCUT2D eigenvalue weighted by molar-refractivity contribution is 6.31. The molecule has 104 valence electrons. The molecule has 2 aliphatic rings. The third-order valence-electron chi connectivity index (χ3n) is 4.12. The van der Waals surface area contributed by atoms with Crippen LogP contribution in [0, 0.1) is 11.7 Å². The maximum absolute atomic E-state index is 13.1. The Balaban J connectivity index is 1.68. The molecule has 0 amide bonds. The highest BCUT2D eigenvalue weighted by Gasteiger charge is 2.40. The number of nitrogens with one attached hydrogen (secondary N) is 1. The van der Waals surface area contributed by atoms with E-state index in [1.54, 1.807) is 6.07 Å². The lowest BCUT2D eigenvalue weighted by atomic mass is 10.0. The van der Waals surface area contributed by atoms with Crippen LogP contribution >= 0.6 is 11.6 Å². The van der Waals surface area contributed by atoms with Crippen LogP contribution in [0.15, 0.2) is 18.2 Å². The molecule has 1 aromatic carbocycles. The number of hydrogen-bond donors (Lipinski definition) is 1. The van der Waals surface area contributed by atoms with Crippen LogP contribution in [0.3, 0.4) is 0 Å². The van der Waals surface area contributed by atoms with Gasteiger partial charge in [0.25, 0.3) is 0 Å². The van der Waals surface area contributed by atoms with Gasteiger partial charge in [-0.3, -0.25) is 0 Å². The normalized spacial score (nSPS) is 28.6. The molecule has 1 saturated heterocycles. The molecule has 2 fully saturated rings. The van der Waals surface area contributed by atoms with Crippen LogP contribution < -0.4 is 5.32 Å². The summed E-state index contributed by atoms with van der Waals surface area (Å²) in [4.78, 5) is 0.